The van der Waals surface area contributed by atoms with Gasteiger partial charge >= 0.3 is 0 Å². The molecular weight excluding hydrogens is 250 g/mol. The van der Waals surface area contributed by atoms with E-state index in [1.54, 1.807) is 18.3 Å². The van der Waals surface area contributed by atoms with Crippen LogP contribution in [-0.4, -0.2) is 15.0 Å². The van der Waals surface area contributed by atoms with Gasteiger partial charge in [0.25, 0.3) is 0 Å². The van der Waals surface area contributed by atoms with E-state index in [9.17, 15) is 0 Å². The first-order valence-corrected chi connectivity index (χ1v) is 6.08. The Morgan fingerprint density at radius 2 is 2.22 bits per heavy atom. The fourth-order valence-corrected chi connectivity index (χ4v) is 1.82. The molecule has 0 bridgehead atoms. The van der Waals surface area contributed by atoms with Crippen molar-refractivity contribution in [2.24, 2.45) is 5.84 Å². The van der Waals surface area contributed by atoms with E-state index in [1.807, 2.05) is 6.07 Å². The number of hydrogen-bond acceptors (Lipinski definition) is 5. The molecule has 0 aliphatic heterocycles. The minimum atomic E-state index is 0.486. The number of hydrogen-bond donors (Lipinski definition) is 2. The third-order valence-corrected chi connectivity index (χ3v) is 2.71. The molecule has 0 unspecified atom stereocenters. The smallest absolute Gasteiger partial charge is 0.182 e. The molecule has 6 heteroatoms. The minimum Gasteiger partial charge on any atom is -0.308 e. The van der Waals surface area contributed by atoms with E-state index in [0.29, 0.717) is 22.4 Å². The SMILES string of the molecule is CCCc1cc(NN)nc(-c2ncccc2Cl)n1. The molecule has 94 valence electrons. The largest absolute Gasteiger partial charge is 0.308 e. The van der Waals surface area contributed by atoms with Gasteiger partial charge in [0.05, 0.1) is 5.02 Å². The van der Waals surface area contributed by atoms with Gasteiger partial charge in [-0.1, -0.05) is 24.9 Å². The number of nitrogen functional groups attached to an aromatic ring is 1. The van der Waals surface area contributed by atoms with Crippen LogP contribution in [0.4, 0.5) is 5.82 Å². The maximum atomic E-state index is 6.09. The molecule has 0 amide bonds. The first-order chi connectivity index (χ1) is 8.74. The van der Waals surface area contributed by atoms with E-state index >= 15 is 0 Å². The van der Waals surface area contributed by atoms with Crippen molar-refractivity contribution in [1.29, 1.82) is 0 Å². The standard InChI is InChI=1S/C12H14ClN5/c1-2-4-8-7-10(18-14)17-12(16-8)11-9(13)5-3-6-15-11/h3,5-7H,2,4,14H2,1H3,(H,16,17,18). The maximum Gasteiger partial charge on any atom is 0.182 e. The van der Waals surface area contributed by atoms with Crippen molar-refractivity contribution in [2.45, 2.75) is 19.8 Å². The van der Waals surface area contributed by atoms with Crippen LogP contribution in [0.3, 0.4) is 0 Å². The van der Waals surface area contributed by atoms with Crippen molar-refractivity contribution in [3.63, 3.8) is 0 Å². The molecule has 0 aliphatic carbocycles. The van der Waals surface area contributed by atoms with Crippen LogP contribution in [0.1, 0.15) is 19.0 Å². The van der Waals surface area contributed by atoms with Crippen LogP contribution in [-0.2, 0) is 6.42 Å². The summed E-state index contributed by atoms with van der Waals surface area (Å²) in [5.41, 5.74) is 4.01. The second kappa shape index (κ2) is 5.75. The molecule has 5 nitrogen and oxygen atoms in total. The Hall–Kier alpha value is -1.72. The molecule has 0 aromatic carbocycles. The number of anilines is 1. The van der Waals surface area contributed by atoms with Crippen LogP contribution >= 0.6 is 11.6 Å². The molecule has 18 heavy (non-hydrogen) atoms. The molecule has 0 atom stereocenters. The Balaban J connectivity index is 2.50. The van der Waals surface area contributed by atoms with Gasteiger partial charge in [0, 0.05) is 18.0 Å². The molecule has 0 saturated heterocycles. The monoisotopic (exact) mass is 263 g/mol. The van der Waals surface area contributed by atoms with Crippen LogP contribution < -0.4 is 11.3 Å². The van der Waals surface area contributed by atoms with Crippen LogP contribution in [0.25, 0.3) is 11.5 Å². The Morgan fingerprint density at radius 3 is 2.89 bits per heavy atom. The summed E-state index contributed by atoms with van der Waals surface area (Å²) in [6.45, 7) is 2.09. The van der Waals surface area contributed by atoms with Gasteiger partial charge in [-0.2, -0.15) is 0 Å². The van der Waals surface area contributed by atoms with E-state index < -0.39 is 0 Å². The Morgan fingerprint density at radius 1 is 1.39 bits per heavy atom. The quantitative estimate of drug-likeness (QED) is 0.654. The summed E-state index contributed by atoms with van der Waals surface area (Å²) in [6.07, 6.45) is 3.51. The molecule has 0 fully saturated rings. The normalized spacial score (nSPS) is 10.4. The number of nitrogens with two attached hydrogens (primary N) is 1. The van der Waals surface area contributed by atoms with Crippen molar-refractivity contribution in [1.82, 2.24) is 15.0 Å². The molecule has 2 aromatic heterocycles. The molecule has 0 radical (unpaired) electrons. The zero-order chi connectivity index (χ0) is 13.0. The van der Waals surface area contributed by atoms with E-state index in [-0.39, 0.29) is 0 Å². The summed E-state index contributed by atoms with van der Waals surface area (Å²) in [4.78, 5) is 12.9. The van der Waals surface area contributed by atoms with Crippen molar-refractivity contribution in [3.05, 3.63) is 35.1 Å². The van der Waals surface area contributed by atoms with Gasteiger partial charge < -0.3 is 5.43 Å². The van der Waals surface area contributed by atoms with Crippen molar-refractivity contribution >= 4 is 17.4 Å². The fourth-order valence-electron chi connectivity index (χ4n) is 1.61. The third-order valence-electron chi connectivity index (χ3n) is 2.40. The molecule has 2 rings (SSSR count). The molecule has 3 N–H and O–H groups in total. The second-order valence-electron chi connectivity index (χ2n) is 3.80. The lowest BCUT2D eigenvalue weighted by molar-refractivity contribution is 0.874. The van der Waals surface area contributed by atoms with Crippen LogP contribution in [0, 0.1) is 0 Å². The van der Waals surface area contributed by atoms with Crippen molar-refractivity contribution < 1.29 is 0 Å². The number of rotatable bonds is 4. The van der Waals surface area contributed by atoms with Gasteiger partial charge in [-0.05, 0) is 18.6 Å². The number of halogens is 1. The lowest BCUT2D eigenvalue weighted by atomic mass is 10.2. The van der Waals surface area contributed by atoms with E-state index in [2.05, 4.69) is 27.3 Å². The maximum absolute atomic E-state index is 6.09. The predicted octanol–water partition coefficient (Wildman–Crippen LogP) is 2.43. The highest BCUT2D eigenvalue weighted by molar-refractivity contribution is 6.32. The average Bonchev–Trinajstić information content (AvgIpc) is 2.39. The number of nitrogens with zero attached hydrogens (tertiary/aromatic N) is 3. The molecular formula is C12H14ClN5. The molecule has 2 aromatic rings. The number of aromatic nitrogens is 3. The summed E-state index contributed by atoms with van der Waals surface area (Å²) in [5.74, 6) is 6.45. The summed E-state index contributed by atoms with van der Waals surface area (Å²) in [7, 11) is 0. The number of nitrogens with one attached hydrogen (secondary N) is 1. The summed E-state index contributed by atoms with van der Waals surface area (Å²) >= 11 is 6.09. The zero-order valence-electron chi connectivity index (χ0n) is 10.0. The number of hydrazine groups is 1. The van der Waals surface area contributed by atoms with Gasteiger partial charge in [0.15, 0.2) is 5.82 Å². The molecule has 2 heterocycles. The Bertz CT molecular complexity index is 544. The minimum absolute atomic E-state index is 0.486. The van der Waals surface area contributed by atoms with E-state index in [0.717, 1.165) is 18.5 Å². The highest BCUT2D eigenvalue weighted by atomic mass is 35.5. The second-order valence-corrected chi connectivity index (χ2v) is 4.20. The van der Waals surface area contributed by atoms with Gasteiger partial charge in [0.1, 0.15) is 11.5 Å². The predicted molar refractivity (Wildman–Crippen MR) is 72.1 cm³/mol. The first kappa shape index (κ1) is 12.7. The summed E-state index contributed by atoms with van der Waals surface area (Å²) < 4.78 is 0. The summed E-state index contributed by atoms with van der Waals surface area (Å²) in [6, 6.07) is 5.35. The van der Waals surface area contributed by atoms with Crippen LogP contribution in [0.2, 0.25) is 5.02 Å². The zero-order valence-corrected chi connectivity index (χ0v) is 10.8. The van der Waals surface area contributed by atoms with Crippen molar-refractivity contribution in [3.8, 4) is 11.5 Å². The third kappa shape index (κ3) is 2.75. The number of aryl methyl sites for hydroxylation is 1. The van der Waals surface area contributed by atoms with Crippen molar-refractivity contribution in [2.75, 3.05) is 5.43 Å². The first-order valence-electron chi connectivity index (χ1n) is 5.70. The highest BCUT2D eigenvalue weighted by Gasteiger charge is 2.10. The van der Waals surface area contributed by atoms with E-state index in [4.69, 9.17) is 17.4 Å². The Labute approximate surface area is 110 Å². The van der Waals surface area contributed by atoms with Gasteiger partial charge in [-0.25, -0.2) is 15.8 Å². The molecule has 0 aliphatic rings. The van der Waals surface area contributed by atoms with Gasteiger partial charge in [-0.15, -0.1) is 0 Å². The van der Waals surface area contributed by atoms with Gasteiger partial charge in [-0.3, -0.25) is 4.98 Å². The number of pyridine rings is 1. The topological polar surface area (TPSA) is 76.7 Å². The highest BCUT2D eigenvalue weighted by Crippen LogP contribution is 2.23. The fraction of sp³-hybridized carbons (Fsp3) is 0.250. The average molecular weight is 264 g/mol. The molecule has 0 spiro atoms. The summed E-state index contributed by atoms with van der Waals surface area (Å²) in [5, 5.41) is 0.522. The lowest BCUT2D eigenvalue weighted by Gasteiger charge is -2.07. The van der Waals surface area contributed by atoms with Crippen LogP contribution in [0.15, 0.2) is 24.4 Å². The van der Waals surface area contributed by atoms with Gasteiger partial charge in [0.2, 0.25) is 0 Å². The Kier molecular flexibility index (Phi) is 4.07. The lowest BCUT2D eigenvalue weighted by Crippen LogP contribution is -2.11. The molecule has 0 saturated carbocycles. The van der Waals surface area contributed by atoms with Crippen LogP contribution in [0.5, 0.6) is 0 Å². The van der Waals surface area contributed by atoms with E-state index in [1.165, 1.54) is 0 Å².